The second-order valence-electron chi connectivity index (χ2n) is 5.04. The number of allylic oxidation sites excluding steroid dienone is 1. The van der Waals surface area contributed by atoms with E-state index in [9.17, 15) is 0 Å². The van der Waals surface area contributed by atoms with Gasteiger partial charge in [0, 0.05) is 16.5 Å². The molecule has 1 aromatic heterocycles. The van der Waals surface area contributed by atoms with Gasteiger partial charge in [0.2, 0.25) is 0 Å². The summed E-state index contributed by atoms with van der Waals surface area (Å²) in [5.41, 5.74) is 4.35. The molecule has 0 spiro atoms. The predicted octanol–water partition coefficient (Wildman–Crippen LogP) is 5.45. The molecule has 0 atom stereocenters. The zero-order chi connectivity index (χ0) is 14.8. The maximum absolute atomic E-state index is 6.03. The third kappa shape index (κ3) is 2.45. The first-order chi connectivity index (χ1) is 10.2. The van der Waals surface area contributed by atoms with Crippen LogP contribution in [0.5, 0.6) is 5.75 Å². The topological polar surface area (TPSA) is 22.4 Å². The zero-order valence-electron chi connectivity index (χ0n) is 12.5. The molecule has 0 aliphatic heterocycles. The minimum atomic E-state index is 0.850. The van der Waals surface area contributed by atoms with Gasteiger partial charge < -0.3 is 9.15 Å². The highest BCUT2D eigenvalue weighted by molar-refractivity contribution is 5.89. The van der Waals surface area contributed by atoms with E-state index in [2.05, 4.69) is 25.1 Å². The molecule has 2 nitrogen and oxygen atoms in total. The molecular formula is C19H18O2. The Hall–Kier alpha value is -2.48. The number of benzene rings is 2. The van der Waals surface area contributed by atoms with Crippen molar-refractivity contribution in [1.82, 2.24) is 0 Å². The average Bonchev–Trinajstić information content (AvgIpc) is 2.85. The van der Waals surface area contributed by atoms with Gasteiger partial charge in [-0.2, -0.15) is 0 Å². The van der Waals surface area contributed by atoms with E-state index < -0.39 is 0 Å². The monoisotopic (exact) mass is 278 g/mol. The van der Waals surface area contributed by atoms with Gasteiger partial charge in [-0.05, 0) is 55.8 Å². The molecule has 0 N–H and O–H groups in total. The normalized spacial score (nSPS) is 11.4. The van der Waals surface area contributed by atoms with E-state index >= 15 is 0 Å². The molecule has 0 aliphatic carbocycles. The maximum atomic E-state index is 6.03. The molecule has 0 radical (unpaired) electrons. The lowest BCUT2D eigenvalue weighted by Gasteiger charge is -2.01. The van der Waals surface area contributed by atoms with Crippen molar-refractivity contribution < 1.29 is 9.15 Å². The molecule has 0 saturated carbocycles. The Morgan fingerprint density at radius 2 is 1.81 bits per heavy atom. The van der Waals surface area contributed by atoms with E-state index in [1.807, 2.05) is 43.3 Å². The predicted molar refractivity (Wildman–Crippen MR) is 87.6 cm³/mol. The number of methoxy groups -OCH3 is 1. The third-order valence-electron chi connectivity index (χ3n) is 3.67. The number of rotatable bonds is 3. The molecule has 1 heterocycles. The van der Waals surface area contributed by atoms with E-state index in [0.717, 1.165) is 28.0 Å². The molecule has 3 rings (SSSR count). The molecule has 0 aliphatic rings. The van der Waals surface area contributed by atoms with Crippen LogP contribution in [0.3, 0.4) is 0 Å². The fourth-order valence-electron chi connectivity index (χ4n) is 2.55. The van der Waals surface area contributed by atoms with Crippen LogP contribution in [0.1, 0.15) is 18.1 Å². The maximum Gasteiger partial charge on any atom is 0.138 e. The average molecular weight is 278 g/mol. The summed E-state index contributed by atoms with van der Waals surface area (Å²) in [5, 5.41) is 1.16. The number of hydrogen-bond acceptors (Lipinski definition) is 2. The number of ether oxygens (including phenoxy) is 1. The first kappa shape index (κ1) is 13.5. The summed E-state index contributed by atoms with van der Waals surface area (Å²) in [4.78, 5) is 0. The fourth-order valence-corrected chi connectivity index (χ4v) is 2.55. The lowest BCUT2D eigenvalue weighted by molar-refractivity contribution is 0.415. The van der Waals surface area contributed by atoms with Gasteiger partial charge >= 0.3 is 0 Å². The van der Waals surface area contributed by atoms with Gasteiger partial charge in [0.15, 0.2) is 0 Å². The Bertz CT molecular complexity index is 792. The Labute approximate surface area is 124 Å². The van der Waals surface area contributed by atoms with Crippen LogP contribution in [0.2, 0.25) is 0 Å². The van der Waals surface area contributed by atoms with Crippen molar-refractivity contribution in [3.05, 3.63) is 59.7 Å². The van der Waals surface area contributed by atoms with Crippen molar-refractivity contribution in [3.8, 4) is 17.1 Å². The van der Waals surface area contributed by atoms with Crippen LogP contribution in [0, 0.1) is 6.92 Å². The zero-order valence-corrected chi connectivity index (χ0v) is 12.5. The molecule has 0 unspecified atom stereocenters. The lowest BCUT2D eigenvalue weighted by atomic mass is 10.0. The van der Waals surface area contributed by atoms with Gasteiger partial charge in [-0.15, -0.1) is 0 Å². The third-order valence-corrected chi connectivity index (χ3v) is 3.67. The quantitative estimate of drug-likeness (QED) is 0.635. The first-order valence-electron chi connectivity index (χ1n) is 7.03. The van der Waals surface area contributed by atoms with Crippen molar-refractivity contribution >= 4 is 17.0 Å². The van der Waals surface area contributed by atoms with Crippen molar-refractivity contribution in [2.45, 2.75) is 13.8 Å². The van der Waals surface area contributed by atoms with Crippen LogP contribution in [-0.4, -0.2) is 7.11 Å². The standard InChI is InChI=1S/C19H18O2/c1-4-5-14-6-11-18-17(12-14)13(2)19(21-18)15-7-9-16(20-3)10-8-15/h4-12H,1-3H3. The van der Waals surface area contributed by atoms with Crippen LogP contribution in [0.15, 0.2) is 53.0 Å². The minimum Gasteiger partial charge on any atom is -0.497 e. The molecule has 0 saturated heterocycles. The molecule has 0 bridgehead atoms. The van der Waals surface area contributed by atoms with Gasteiger partial charge in [-0.3, -0.25) is 0 Å². The van der Waals surface area contributed by atoms with Gasteiger partial charge in [0.1, 0.15) is 17.1 Å². The van der Waals surface area contributed by atoms with E-state index in [0.29, 0.717) is 0 Å². The SMILES string of the molecule is CC=Cc1ccc2oc(-c3ccc(OC)cc3)c(C)c2c1. The number of furan rings is 1. The Kier molecular flexibility index (Phi) is 3.53. The van der Waals surface area contributed by atoms with E-state index in [1.165, 1.54) is 11.1 Å². The van der Waals surface area contributed by atoms with Gasteiger partial charge in [0.25, 0.3) is 0 Å². The summed E-state index contributed by atoms with van der Waals surface area (Å²) >= 11 is 0. The van der Waals surface area contributed by atoms with Crippen molar-refractivity contribution in [1.29, 1.82) is 0 Å². The summed E-state index contributed by atoms with van der Waals surface area (Å²) in [6.45, 7) is 4.13. The molecule has 106 valence electrons. The van der Waals surface area contributed by atoms with Crippen molar-refractivity contribution in [2.75, 3.05) is 7.11 Å². The van der Waals surface area contributed by atoms with E-state index in [1.54, 1.807) is 7.11 Å². The smallest absolute Gasteiger partial charge is 0.138 e. The summed E-state index contributed by atoms with van der Waals surface area (Å²) in [6.07, 6.45) is 4.14. The van der Waals surface area contributed by atoms with Crippen LogP contribution in [0.25, 0.3) is 28.4 Å². The second-order valence-corrected chi connectivity index (χ2v) is 5.04. The summed E-state index contributed by atoms with van der Waals surface area (Å²) in [7, 11) is 1.67. The van der Waals surface area contributed by atoms with E-state index in [4.69, 9.17) is 9.15 Å². The lowest BCUT2D eigenvalue weighted by Crippen LogP contribution is -1.82. The Morgan fingerprint density at radius 1 is 1.05 bits per heavy atom. The summed E-state index contributed by atoms with van der Waals surface area (Å²) in [6, 6.07) is 14.2. The molecule has 3 aromatic rings. The van der Waals surface area contributed by atoms with Gasteiger partial charge in [-0.25, -0.2) is 0 Å². The number of fused-ring (bicyclic) bond motifs is 1. The van der Waals surface area contributed by atoms with Crippen LogP contribution < -0.4 is 4.74 Å². The Balaban J connectivity index is 2.12. The first-order valence-corrected chi connectivity index (χ1v) is 7.03. The molecule has 0 fully saturated rings. The summed E-state index contributed by atoms with van der Waals surface area (Å²) in [5.74, 6) is 1.77. The molecule has 2 heteroatoms. The molecule has 0 amide bonds. The van der Waals surface area contributed by atoms with Gasteiger partial charge in [0.05, 0.1) is 7.11 Å². The summed E-state index contributed by atoms with van der Waals surface area (Å²) < 4.78 is 11.2. The highest BCUT2D eigenvalue weighted by Gasteiger charge is 2.12. The number of aryl methyl sites for hydroxylation is 1. The number of hydrogen-bond donors (Lipinski definition) is 0. The van der Waals surface area contributed by atoms with Crippen LogP contribution in [-0.2, 0) is 0 Å². The fraction of sp³-hybridized carbons (Fsp3) is 0.158. The Morgan fingerprint density at radius 3 is 2.48 bits per heavy atom. The molecule has 2 aromatic carbocycles. The molecular weight excluding hydrogens is 260 g/mol. The minimum absolute atomic E-state index is 0.850. The highest BCUT2D eigenvalue weighted by atomic mass is 16.5. The van der Waals surface area contributed by atoms with E-state index in [-0.39, 0.29) is 0 Å². The van der Waals surface area contributed by atoms with Crippen molar-refractivity contribution in [2.24, 2.45) is 0 Å². The van der Waals surface area contributed by atoms with Crippen LogP contribution >= 0.6 is 0 Å². The second kappa shape index (κ2) is 5.49. The highest BCUT2D eigenvalue weighted by Crippen LogP contribution is 2.34. The molecule has 21 heavy (non-hydrogen) atoms. The van der Waals surface area contributed by atoms with Gasteiger partial charge in [-0.1, -0.05) is 18.2 Å². The van der Waals surface area contributed by atoms with Crippen molar-refractivity contribution in [3.63, 3.8) is 0 Å². The van der Waals surface area contributed by atoms with Crippen LogP contribution in [0.4, 0.5) is 0 Å². The largest absolute Gasteiger partial charge is 0.497 e.